The van der Waals surface area contributed by atoms with Crippen LogP contribution in [-0.2, 0) is 0 Å². The van der Waals surface area contributed by atoms with E-state index in [1.165, 1.54) is 6.42 Å². The first-order valence-electron chi connectivity index (χ1n) is 7.51. The van der Waals surface area contributed by atoms with Crippen LogP contribution in [0.2, 0.25) is 0 Å². The maximum Gasteiger partial charge on any atom is 0.172 e. The number of carbonyl (C=O) groups is 1. The fourth-order valence-electron chi connectivity index (χ4n) is 3.16. The standard InChI is InChI=1S/C17H24O3/c1-4-19-16-7-5-6-14(11-18)17(16)20-15-9-12(2)8-13(3)10-15/h5-7,11-13,15H,4,8-10H2,1-3H3. The highest BCUT2D eigenvalue weighted by molar-refractivity contribution is 5.81. The maximum absolute atomic E-state index is 11.2. The molecule has 0 heterocycles. The highest BCUT2D eigenvalue weighted by atomic mass is 16.5. The zero-order chi connectivity index (χ0) is 14.5. The quantitative estimate of drug-likeness (QED) is 0.759. The molecule has 0 aromatic heterocycles. The molecule has 3 nitrogen and oxygen atoms in total. The molecule has 1 fully saturated rings. The molecule has 1 aliphatic carbocycles. The van der Waals surface area contributed by atoms with Gasteiger partial charge in [-0.05, 0) is 50.2 Å². The van der Waals surface area contributed by atoms with Crippen molar-refractivity contribution in [3.05, 3.63) is 23.8 Å². The molecule has 0 radical (unpaired) electrons. The Morgan fingerprint density at radius 2 is 1.90 bits per heavy atom. The molecule has 1 saturated carbocycles. The van der Waals surface area contributed by atoms with Crippen molar-refractivity contribution in [3.8, 4) is 11.5 Å². The number of benzene rings is 1. The highest BCUT2D eigenvalue weighted by Crippen LogP contribution is 2.36. The van der Waals surface area contributed by atoms with Crippen molar-refractivity contribution in [3.63, 3.8) is 0 Å². The van der Waals surface area contributed by atoms with Crippen LogP contribution in [0.5, 0.6) is 11.5 Å². The van der Waals surface area contributed by atoms with Crippen molar-refractivity contribution in [1.82, 2.24) is 0 Å². The molecule has 0 N–H and O–H groups in total. The van der Waals surface area contributed by atoms with E-state index in [-0.39, 0.29) is 6.10 Å². The molecule has 2 unspecified atom stereocenters. The van der Waals surface area contributed by atoms with E-state index in [0.29, 0.717) is 35.5 Å². The van der Waals surface area contributed by atoms with E-state index in [1.54, 1.807) is 6.07 Å². The van der Waals surface area contributed by atoms with Gasteiger partial charge in [0.25, 0.3) is 0 Å². The van der Waals surface area contributed by atoms with Gasteiger partial charge in [-0.1, -0.05) is 19.9 Å². The smallest absolute Gasteiger partial charge is 0.172 e. The lowest BCUT2D eigenvalue weighted by Gasteiger charge is -2.32. The van der Waals surface area contributed by atoms with E-state index in [1.807, 2.05) is 19.1 Å². The highest BCUT2D eigenvalue weighted by Gasteiger charge is 2.26. The molecule has 2 atom stereocenters. The van der Waals surface area contributed by atoms with E-state index in [9.17, 15) is 4.79 Å². The summed E-state index contributed by atoms with van der Waals surface area (Å²) >= 11 is 0. The van der Waals surface area contributed by atoms with Crippen molar-refractivity contribution >= 4 is 6.29 Å². The Bertz CT molecular complexity index is 446. The van der Waals surface area contributed by atoms with Crippen LogP contribution < -0.4 is 9.47 Å². The summed E-state index contributed by atoms with van der Waals surface area (Å²) in [5, 5.41) is 0. The van der Waals surface area contributed by atoms with Crippen LogP contribution in [0, 0.1) is 11.8 Å². The minimum absolute atomic E-state index is 0.175. The van der Waals surface area contributed by atoms with Crippen molar-refractivity contribution in [1.29, 1.82) is 0 Å². The average Bonchev–Trinajstić information content (AvgIpc) is 2.40. The lowest BCUT2D eigenvalue weighted by atomic mass is 9.82. The van der Waals surface area contributed by atoms with Crippen LogP contribution >= 0.6 is 0 Å². The lowest BCUT2D eigenvalue weighted by molar-refractivity contribution is 0.0945. The average molecular weight is 276 g/mol. The topological polar surface area (TPSA) is 35.5 Å². The summed E-state index contributed by atoms with van der Waals surface area (Å²) < 4.78 is 11.7. The van der Waals surface area contributed by atoms with Crippen LogP contribution in [0.15, 0.2) is 18.2 Å². The Kier molecular flexibility index (Phi) is 5.05. The summed E-state index contributed by atoms with van der Waals surface area (Å²) in [6.45, 7) is 7.03. The van der Waals surface area contributed by atoms with Gasteiger partial charge in [0.2, 0.25) is 0 Å². The van der Waals surface area contributed by atoms with Crippen molar-refractivity contribution < 1.29 is 14.3 Å². The predicted molar refractivity (Wildman–Crippen MR) is 79.6 cm³/mol. The van der Waals surface area contributed by atoms with Crippen LogP contribution in [0.3, 0.4) is 0 Å². The number of para-hydroxylation sites is 1. The summed E-state index contributed by atoms with van der Waals surface area (Å²) in [6.07, 6.45) is 4.36. The minimum Gasteiger partial charge on any atom is -0.490 e. The normalized spacial score (nSPS) is 26.1. The van der Waals surface area contributed by atoms with Gasteiger partial charge in [0.1, 0.15) is 0 Å². The first-order valence-corrected chi connectivity index (χ1v) is 7.51. The monoisotopic (exact) mass is 276 g/mol. The second-order valence-corrected chi connectivity index (χ2v) is 5.88. The predicted octanol–water partition coefficient (Wildman–Crippen LogP) is 4.10. The lowest BCUT2D eigenvalue weighted by Crippen LogP contribution is -2.29. The first kappa shape index (κ1) is 14.9. The fourth-order valence-corrected chi connectivity index (χ4v) is 3.16. The van der Waals surface area contributed by atoms with Crippen LogP contribution in [0.4, 0.5) is 0 Å². The zero-order valence-electron chi connectivity index (χ0n) is 12.6. The number of hydrogen-bond donors (Lipinski definition) is 0. The second-order valence-electron chi connectivity index (χ2n) is 5.88. The maximum atomic E-state index is 11.2. The minimum atomic E-state index is 0.175. The molecule has 1 aromatic carbocycles. The molecular formula is C17H24O3. The Morgan fingerprint density at radius 3 is 2.50 bits per heavy atom. The number of ether oxygens (including phenoxy) is 2. The SMILES string of the molecule is CCOc1cccc(C=O)c1OC1CC(C)CC(C)C1. The molecule has 1 aromatic rings. The zero-order valence-corrected chi connectivity index (χ0v) is 12.6. The third-order valence-electron chi connectivity index (χ3n) is 3.86. The largest absolute Gasteiger partial charge is 0.490 e. The molecule has 0 bridgehead atoms. The van der Waals surface area contributed by atoms with Crippen molar-refractivity contribution in [2.24, 2.45) is 11.8 Å². The molecule has 0 saturated heterocycles. The van der Waals surface area contributed by atoms with Gasteiger partial charge in [0.05, 0.1) is 18.3 Å². The Morgan fingerprint density at radius 1 is 1.20 bits per heavy atom. The van der Waals surface area contributed by atoms with E-state index >= 15 is 0 Å². The summed E-state index contributed by atoms with van der Waals surface area (Å²) in [5.74, 6) is 2.61. The van der Waals surface area contributed by atoms with Gasteiger partial charge in [-0.15, -0.1) is 0 Å². The molecule has 3 heteroatoms. The molecular weight excluding hydrogens is 252 g/mol. The molecule has 0 spiro atoms. The van der Waals surface area contributed by atoms with Crippen molar-refractivity contribution in [2.75, 3.05) is 6.61 Å². The van der Waals surface area contributed by atoms with Crippen LogP contribution in [0.25, 0.3) is 0 Å². The summed E-state index contributed by atoms with van der Waals surface area (Å²) in [6, 6.07) is 5.47. The molecule has 0 aliphatic heterocycles. The Labute approximate surface area is 121 Å². The van der Waals surface area contributed by atoms with Gasteiger partial charge >= 0.3 is 0 Å². The molecule has 1 aliphatic rings. The van der Waals surface area contributed by atoms with Gasteiger partial charge in [-0.3, -0.25) is 4.79 Å². The van der Waals surface area contributed by atoms with Gasteiger partial charge in [0, 0.05) is 0 Å². The summed E-state index contributed by atoms with van der Waals surface area (Å²) in [5.41, 5.74) is 0.571. The molecule has 20 heavy (non-hydrogen) atoms. The molecule has 110 valence electrons. The summed E-state index contributed by atoms with van der Waals surface area (Å²) in [4.78, 5) is 11.2. The van der Waals surface area contributed by atoms with Gasteiger partial charge in [-0.2, -0.15) is 0 Å². The van der Waals surface area contributed by atoms with Crippen LogP contribution in [0.1, 0.15) is 50.4 Å². The first-order chi connectivity index (χ1) is 9.63. The number of carbonyl (C=O) groups excluding carboxylic acids is 1. The van der Waals surface area contributed by atoms with E-state index in [2.05, 4.69) is 13.8 Å². The van der Waals surface area contributed by atoms with E-state index < -0.39 is 0 Å². The third kappa shape index (κ3) is 3.53. The number of hydrogen-bond acceptors (Lipinski definition) is 3. The van der Waals surface area contributed by atoms with Gasteiger partial charge in [0.15, 0.2) is 17.8 Å². The van der Waals surface area contributed by atoms with E-state index in [4.69, 9.17) is 9.47 Å². The number of aldehydes is 1. The second kappa shape index (κ2) is 6.78. The van der Waals surface area contributed by atoms with E-state index in [0.717, 1.165) is 19.1 Å². The third-order valence-corrected chi connectivity index (χ3v) is 3.86. The van der Waals surface area contributed by atoms with Gasteiger partial charge in [-0.25, -0.2) is 0 Å². The number of rotatable bonds is 5. The molecule has 2 rings (SSSR count). The Balaban J connectivity index is 2.20. The summed E-state index contributed by atoms with van der Waals surface area (Å²) in [7, 11) is 0. The van der Waals surface area contributed by atoms with Crippen molar-refractivity contribution in [2.45, 2.75) is 46.1 Å². The van der Waals surface area contributed by atoms with Gasteiger partial charge < -0.3 is 9.47 Å². The Hall–Kier alpha value is -1.51. The fraction of sp³-hybridized carbons (Fsp3) is 0.588. The molecule has 0 amide bonds. The van der Waals surface area contributed by atoms with Crippen LogP contribution in [-0.4, -0.2) is 19.0 Å².